The number of carbonyl (C=O) groups is 3. The Labute approximate surface area is 170 Å². The number of rotatable bonds is 5. The predicted octanol–water partition coefficient (Wildman–Crippen LogP) is 4.65. The van der Waals surface area contributed by atoms with Crippen molar-refractivity contribution in [1.82, 2.24) is 0 Å². The maximum atomic E-state index is 13.4. The summed E-state index contributed by atoms with van der Waals surface area (Å²) in [7, 11) is 0. The van der Waals surface area contributed by atoms with E-state index >= 15 is 0 Å². The van der Waals surface area contributed by atoms with Gasteiger partial charge in [0.05, 0.1) is 5.56 Å². The Kier molecular flexibility index (Phi) is 4.89. The molecule has 0 saturated heterocycles. The number of esters is 1. The van der Waals surface area contributed by atoms with Crippen LogP contribution in [0.1, 0.15) is 73.2 Å². The Morgan fingerprint density at radius 1 is 1.07 bits per heavy atom. The third-order valence-electron chi connectivity index (χ3n) is 7.09. The van der Waals surface area contributed by atoms with Crippen LogP contribution in [0, 0.1) is 37.0 Å². The molecule has 0 spiro atoms. The van der Waals surface area contributed by atoms with Gasteiger partial charge in [-0.3, -0.25) is 9.59 Å². The predicted molar refractivity (Wildman–Crippen MR) is 109 cm³/mol. The summed E-state index contributed by atoms with van der Waals surface area (Å²) >= 11 is 1.36. The van der Waals surface area contributed by atoms with Crippen molar-refractivity contribution in [2.24, 2.45) is 23.2 Å². The molecular formula is C22H29NO4S. The summed E-state index contributed by atoms with van der Waals surface area (Å²) in [5, 5.41) is 3.22. The highest BCUT2D eigenvalue weighted by atomic mass is 32.1. The van der Waals surface area contributed by atoms with E-state index in [1.54, 1.807) is 6.92 Å². The first-order valence-corrected chi connectivity index (χ1v) is 11.1. The fourth-order valence-corrected chi connectivity index (χ4v) is 7.33. The van der Waals surface area contributed by atoms with Gasteiger partial charge >= 0.3 is 5.97 Å². The largest absolute Gasteiger partial charge is 0.451 e. The van der Waals surface area contributed by atoms with E-state index < -0.39 is 12.1 Å². The quantitative estimate of drug-likeness (QED) is 0.726. The number of thiophene rings is 1. The summed E-state index contributed by atoms with van der Waals surface area (Å²) in [4.78, 5) is 38.7. The molecule has 152 valence electrons. The van der Waals surface area contributed by atoms with Crippen molar-refractivity contribution in [2.75, 3.05) is 5.32 Å². The van der Waals surface area contributed by atoms with Crippen LogP contribution >= 0.6 is 11.3 Å². The van der Waals surface area contributed by atoms with Crippen LogP contribution in [0.3, 0.4) is 0 Å². The SMILES string of the molecule is CC(=O)Nc1sc(C)c(C)c1C(=O)O[C@@H](C)C(=O)C12CC3CC(CC(C3)C1)C2. The second kappa shape index (κ2) is 6.97. The monoisotopic (exact) mass is 403 g/mol. The third kappa shape index (κ3) is 3.30. The van der Waals surface area contributed by atoms with E-state index in [4.69, 9.17) is 4.74 Å². The molecule has 0 aliphatic heterocycles. The van der Waals surface area contributed by atoms with E-state index in [9.17, 15) is 14.4 Å². The number of ether oxygens (including phenoxy) is 1. The molecule has 4 bridgehead atoms. The van der Waals surface area contributed by atoms with E-state index in [1.165, 1.54) is 37.5 Å². The van der Waals surface area contributed by atoms with Gasteiger partial charge in [0.25, 0.3) is 0 Å². The van der Waals surface area contributed by atoms with Crippen LogP contribution in [0.5, 0.6) is 0 Å². The van der Waals surface area contributed by atoms with E-state index in [0.29, 0.717) is 28.3 Å². The standard InChI is InChI=1S/C22H29NO4S/c1-11-13(3)28-20(23-14(4)24)18(11)21(26)27-12(2)19(25)22-8-15-5-16(9-22)7-17(6-15)10-22/h12,15-17H,5-10H2,1-4H3,(H,23,24)/t12-,15?,16?,17?,22?/m0/s1. The van der Waals surface area contributed by atoms with Crippen LogP contribution < -0.4 is 5.32 Å². The van der Waals surface area contributed by atoms with Crippen LogP contribution in [0.4, 0.5) is 5.00 Å². The van der Waals surface area contributed by atoms with Gasteiger partial charge in [0.2, 0.25) is 5.91 Å². The smallest absolute Gasteiger partial charge is 0.342 e. The zero-order chi connectivity index (χ0) is 20.2. The van der Waals surface area contributed by atoms with Crippen LogP contribution in [0.25, 0.3) is 0 Å². The van der Waals surface area contributed by atoms with Crippen LogP contribution in [-0.2, 0) is 14.3 Å². The molecular weight excluding hydrogens is 374 g/mol. The molecule has 5 nitrogen and oxygen atoms in total. The van der Waals surface area contributed by atoms with Crippen molar-refractivity contribution in [3.05, 3.63) is 16.0 Å². The summed E-state index contributed by atoms with van der Waals surface area (Å²) in [6.07, 6.45) is 5.96. The molecule has 4 saturated carbocycles. The Morgan fingerprint density at radius 2 is 1.61 bits per heavy atom. The van der Waals surface area contributed by atoms with Gasteiger partial charge in [-0.1, -0.05) is 0 Å². The molecule has 1 aromatic rings. The first-order chi connectivity index (χ1) is 13.2. The number of carbonyl (C=O) groups excluding carboxylic acids is 3. The molecule has 28 heavy (non-hydrogen) atoms. The maximum absolute atomic E-state index is 13.4. The van der Waals surface area contributed by atoms with Gasteiger partial charge < -0.3 is 10.1 Å². The number of anilines is 1. The highest BCUT2D eigenvalue weighted by Crippen LogP contribution is 2.60. The summed E-state index contributed by atoms with van der Waals surface area (Å²) in [5.74, 6) is 1.37. The van der Waals surface area contributed by atoms with E-state index in [1.807, 2.05) is 13.8 Å². The van der Waals surface area contributed by atoms with Crippen molar-refractivity contribution < 1.29 is 19.1 Å². The highest BCUT2D eigenvalue weighted by Gasteiger charge is 2.55. The fourth-order valence-electron chi connectivity index (χ4n) is 6.24. The highest BCUT2D eigenvalue weighted by molar-refractivity contribution is 7.16. The van der Waals surface area contributed by atoms with E-state index in [-0.39, 0.29) is 17.1 Å². The molecule has 0 aromatic carbocycles. The molecule has 4 aliphatic carbocycles. The number of amides is 1. The van der Waals surface area contributed by atoms with E-state index in [2.05, 4.69) is 5.32 Å². The molecule has 1 amide bonds. The van der Waals surface area contributed by atoms with Crippen molar-refractivity contribution in [1.29, 1.82) is 0 Å². The number of hydrogen-bond acceptors (Lipinski definition) is 5. The molecule has 1 N–H and O–H groups in total. The first kappa shape index (κ1) is 19.6. The molecule has 1 atom stereocenters. The summed E-state index contributed by atoms with van der Waals surface area (Å²) in [6, 6.07) is 0. The van der Waals surface area contributed by atoms with Crippen LogP contribution in [0.2, 0.25) is 0 Å². The number of hydrogen-bond donors (Lipinski definition) is 1. The Morgan fingerprint density at radius 3 is 2.11 bits per heavy atom. The zero-order valence-electron chi connectivity index (χ0n) is 17.1. The van der Waals surface area contributed by atoms with Gasteiger partial charge in [-0.15, -0.1) is 11.3 Å². The minimum Gasteiger partial charge on any atom is -0.451 e. The van der Waals surface area contributed by atoms with Crippen molar-refractivity contribution >= 4 is 34.0 Å². The van der Waals surface area contributed by atoms with Gasteiger partial charge in [-0.2, -0.15) is 0 Å². The molecule has 0 unspecified atom stereocenters. The first-order valence-electron chi connectivity index (χ1n) is 10.3. The average Bonchev–Trinajstić information content (AvgIpc) is 2.86. The average molecular weight is 404 g/mol. The number of ketones is 1. The molecule has 1 aromatic heterocycles. The van der Waals surface area contributed by atoms with E-state index in [0.717, 1.165) is 29.7 Å². The number of Topliss-reactive ketones (excluding diaryl/α,β-unsaturated/α-hetero) is 1. The third-order valence-corrected chi connectivity index (χ3v) is 8.22. The fraction of sp³-hybridized carbons (Fsp3) is 0.682. The molecule has 6 heteroatoms. The Bertz CT molecular complexity index is 805. The minimum absolute atomic E-state index is 0.102. The second-order valence-corrected chi connectivity index (χ2v) is 10.5. The normalized spacial score (nSPS) is 31.5. The van der Waals surface area contributed by atoms with Gasteiger partial charge in [0, 0.05) is 17.2 Å². The Balaban J connectivity index is 1.51. The van der Waals surface area contributed by atoms with Crippen molar-refractivity contribution in [2.45, 2.75) is 72.3 Å². The number of nitrogens with one attached hydrogen (secondary N) is 1. The van der Waals surface area contributed by atoms with Crippen LogP contribution in [0.15, 0.2) is 0 Å². The molecule has 1 heterocycles. The Hall–Kier alpha value is -1.69. The lowest BCUT2D eigenvalue weighted by atomic mass is 9.48. The van der Waals surface area contributed by atoms with Gasteiger partial charge in [0.15, 0.2) is 11.9 Å². The molecule has 4 aliphatic rings. The van der Waals surface area contributed by atoms with Crippen LogP contribution in [-0.4, -0.2) is 23.8 Å². The second-order valence-electron chi connectivity index (χ2n) is 9.28. The topological polar surface area (TPSA) is 72.5 Å². The molecule has 4 fully saturated rings. The molecule has 0 radical (unpaired) electrons. The minimum atomic E-state index is -0.756. The van der Waals surface area contributed by atoms with Crippen molar-refractivity contribution in [3.63, 3.8) is 0 Å². The van der Waals surface area contributed by atoms with Gasteiger partial charge in [-0.05, 0) is 82.6 Å². The summed E-state index contributed by atoms with van der Waals surface area (Å²) in [5.41, 5.74) is 0.894. The van der Waals surface area contributed by atoms with Crippen molar-refractivity contribution in [3.8, 4) is 0 Å². The van der Waals surface area contributed by atoms with Gasteiger partial charge in [-0.25, -0.2) is 4.79 Å². The zero-order valence-corrected chi connectivity index (χ0v) is 17.9. The lowest BCUT2D eigenvalue weighted by Gasteiger charge is -2.56. The molecule has 5 rings (SSSR count). The summed E-state index contributed by atoms with van der Waals surface area (Å²) in [6.45, 7) is 6.88. The number of aryl methyl sites for hydroxylation is 1. The lowest BCUT2D eigenvalue weighted by molar-refractivity contribution is -0.152. The summed E-state index contributed by atoms with van der Waals surface area (Å²) < 4.78 is 5.67. The lowest BCUT2D eigenvalue weighted by Crippen LogP contribution is -2.52. The van der Waals surface area contributed by atoms with Gasteiger partial charge in [0.1, 0.15) is 5.00 Å². The maximum Gasteiger partial charge on any atom is 0.342 e.